The highest BCUT2D eigenvalue weighted by Gasteiger charge is 2.18. The quantitative estimate of drug-likeness (QED) is 0.740. The molecule has 0 saturated carbocycles. The number of hydrogen-bond donors (Lipinski definition) is 2. The first-order valence-corrected chi connectivity index (χ1v) is 7.87. The van der Waals surface area contributed by atoms with Crippen LogP contribution in [0.25, 0.3) is 0 Å². The second-order valence-electron chi connectivity index (χ2n) is 5.67. The number of carbonyl (C=O) groups is 1. The molecule has 1 heterocycles. The number of aryl methyl sites for hydroxylation is 1. The van der Waals surface area contributed by atoms with Gasteiger partial charge in [-0.25, -0.2) is 4.39 Å². The van der Waals surface area contributed by atoms with E-state index in [0.29, 0.717) is 11.3 Å². The molecule has 7 heteroatoms. The Morgan fingerprint density at radius 1 is 1.23 bits per heavy atom. The van der Waals surface area contributed by atoms with Gasteiger partial charge in [0.25, 0.3) is 5.91 Å². The van der Waals surface area contributed by atoms with E-state index in [1.54, 1.807) is 48.4 Å². The van der Waals surface area contributed by atoms with Crippen LogP contribution < -0.4 is 10.6 Å². The standard InChI is InChI=1S/C19H16FN5O/c1-25-12-15(11-22-25)23-14-6-4-5-13(9-14)19(26)24-18(10-21)16-7-2-3-8-17(16)20/h2-9,11-12,18,23H,1H3,(H,24,26)/t18-/m1/s1. The fourth-order valence-corrected chi connectivity index (χ4v) is 2.49. The first-order chi connectivity index (χ1) is 12.6. The van der Waals surface area contributed by atoms with E-state index >= 15 is 0 Å². The monoisotopic (exact) mass is 349 g/mol. The van der Waals surface area contributed by atoms with Gasteiger partial charge in [-0.2, -0.15) is 10.4 Å². The molecule has 0 bridgehead atoms. The molecule has 3 aromatic rings. The lowest BCUT2D eigenvalue weighted by Crippen LogP contribution is -2.28. The van der Waals surface area contributed by atoms with Gasteiger partial charge >= 0.3 is 0 Å². The molecule has 6 nitrogen and oxygen atoms in total. The van der Waals surface area contributed by atoms with Gasteiger partial charge in [0.15, 0.2) is 0 Å². The van der Waals surface area contributed by atoms with E-state index in [1.165, 1.54) is 18.2 Å². The number of amides is 1. The van der Waals surface area contributed by atoms with Crippen LogP contribution in [0.2, 0.25) is 0 Å². The molecule has 0 aliphatic heterocycles. The van der Waals surface area contributed by atoms with Gasteiger partial charge in [0.1, 0.15) is 11.9 Å². The molecule has 1 aromatic heterocycles. The van der Waals surface area contributed by atoms with Gasteiger partial charge < -0.3 is 10.6 Å². The van der Waals surface area contributed by atoms with Crippen LogP contribution in [0.3, 0.4) is 0 Å². The van der Waals surface area contributed by atoms with Crippen LogP contribution in [0.4, 0.5) is 15.8 Å². The summed E-state index contributed by atoms with van der Waals surface area (Å²) in [6.07, 6.45) is 3.47. The molecule has 26 heavy (non-hydrogen) atoms. The molecule has 1 amide bonds. The third kappa shape index (κ3) is 3.87. The molecule has 0 fully saturated rings. The summed E-state index contributed by atoms with van der Waals surface area (Å²) in [6, 6.07) is 13.5. The van der Waals surface area contributed by atoms with E-state index in [2.05, 4.69) is 15.7 Å². The zero-order chi connectivity index (χ0) is 18.5. The second kappa shape index (κ2) is 7.49. The van der Waals surface area contributed by atoms with Crippen LogP contribution in [0.1, 0.15) is 22.0 Å². The number of halogens is 1. The number of anilines is 2. The minimum Gasteiger partial charge on any atom is -0.353 e. The predicted molar refractivity (Wildman–Crippen MR) is 95.2 cm³/mol. The Morgan fingerprint density at radius 3 is 2.73 bits per heavy atom. The first kappa shape index (κ1) is 17.2. The molecule has 1 atom stereocenters. The molecular formula is C19H16FN5O. The predicted octanol–water partition coefficient (Wildman–Crippen LogP) is 3.30. The van der Waals surface area contributed by atoms with Gasteiger partial charge in [-0.15, -0.1) is 0 Å². The van der Waals surface area contributed by atoms with E-state index in [-0.39, 0.29) is 5.56 Å². The number of rotatable bonds is 5. The number of nitrogens with zero attached hydrogens (tertiary/aromatic N) is 3. The Labute approximate surface area is 149 Å². The zero-order valence-corrected chi connectivity index (χ0v) is 14.0. The maximum Gasteiger partial charge on any atom is 0.252 e. The van der Waals surface area contributed by atoms with E-state index < -0.39 is 17.8 Å². The smallest absolute Gasteiger partial charge is 0.252 e. The van der Waals surface area contributed by atoms with E-state index in [1.807, 2.05) is 12.1 Å². The Morgan fingerprint density at radius 2 is 2.04 bits per heavy atom. The largest absolute Gasteiger partial charge is 0.353 e. The van der Waals surface area contributed by atoms with Gasteiger partial charge in [-0.3, -0.25) is 9.48 Å². The maximum atomic E-state index is 13.9. The average molecular weight is 349 g/mol. The highest BCUT2D eigenvalue weighted by atomic mass is 19.1. The summed E-state index contributed by atoms with van der Waals surface area (Å²) in [6.45, 7) is 0. The second-order valence-corrected chi connectivity index (χ2v) is 5.67. The van der Waals surface area contributed by atoms with Crippen LogP contribution in [0, 0.1) is 17.1 Å². The van der Waals surface area contributed by atoms with Crippen molar-refractivity contribution in [2.75, 3.05) is 5.32 Å². The third-order valence-corrected chi connectivity index (χ3v) is 3.74. The number of benzene rings is 2. The van der Waals surface area contributed by atoms with Crippen LogP contribution in [0.5, 0.6) is 0 Å². The summed E-state index contributed by atoms with van der Waals surface area (Å²) >= 11 is 0. The minimum atomic E-state index is -1.07. The number of hydrogen-bond acceptors (Lipinski definition) is 4. The van der Waals surface area contributed by atoms with Gasteiger partial charge in [0.05, 0.1) is 18.0 Å². The topological polar surface area (TPSA) is 82.7 Å². The molecule has 0 saturated heterocycles. The Hall–Kier alpha value is -3.66. The van der Waals surface area contributed by atoms with E-state index in [4.69, 9.17) is 0 Å². The summed E-state index contributed by atoms with van der Waals surface area (Å²) in [5, 5.41) is 19.1. The van der Waals surface area contributed by atoms with Crippen molar-refractivity contribution < 1.29 is 9.18 Å². The van der Waals surface area contributed by atoms with Crippen molar-refractivity contribution in [2.45, 2.75) is 6.04 Å². The Balaban J connectivity index is 1.76. The van der Waals surface area contributed by atoms with Crippen molar-refractivity contribution in [2.24, 2.45) is 7.05 Å². The molecule has 0 radical (unpaired) electrons. The van der Waals surface area contributed by atoms with Crippen molar-refractivity contribution in [3.8, 4) is 6.07 Å². The van der Waals surface area contributed by atoms with Crippen LogP contribution >= 0.6 is 0 Å². The lowest BCUT2D eigenvalue weighted by molar-refractivity contribution is 0.0945. The van der Waals surface area contributed by atoms with Crippen molar-refractivity contribution >= 4 is 17.3 Å². The van der Waals surface area contributed by atoms with E-state index in [0.717, 1.165) is 5.69 Å². The van der Waals surface area contributed by atoms with Crippen molar-refractivity contribution in [1.29, 1.82) is 5.26 Å². The number of aromatic nitrogens is 2. The molecule has 0 unspecified atom stereocenters. The lowest BCUT2D eigenvalue weighted by atomic mass is 10.1. The third-order valence-electron chi connectivity index (χ3n) is 3.74. The van der Waals surface area contributed by atoms with Gasteiger partial charge in [0.2, 0.25) is 0 Å². The maximum absolute atomic E-state index is 13.9. The van der Waals surface area contributed by atoms with Crippen LogP contribution in [-0.4, -0.2) is 15.7 Å². The SMILES string of the molecule is Cn1cc(Nc2cccc(C(=O)N[C@H](C#N)c3ccccc3F)c2)cn1. The number of nitrogens with one attached hydrogen (secondary N) is 2. The molecule has 3 rings (SSSR count). The lowest BCUT2D eigenvalue weighted by Gasteiger charge is -2.13. The molecule has 0 aliphatic carbocycles. The van der Waals surface area contributed by atoms with Crippen molar-refractivity contribution in [1.82, 2.24) is 15.1 Å². The van der Waals surface area contributed by atoms with Crippen LogP contribution in [0.15, 0.2) is 60.9 Å². The normalized spacial score (nSPS) is 11.4. The number of carbonyl (C=O) groups excluding carboxylic acids is 1. The van der Waals surface area contributed by atoms with E-state index in [9.17, 15) is 14.4 Å². The zero-order valence-electron chi connectivity index (χ0n) is 14.0. The number of nitriles is 1. The molecule has 130 valence electrons. The minimum absolute atomic E-state index is 0.132. The molecule has 2 aromatic carbocycles. The summed E-state index contributed by atoms with van der Waals surface area (Å²) in [7, 11) is 1.81. The molecule has 2 N–H and O–H groups in total. The van der Waals surface area contributed by atoms with Crippen LogP contribution in [-0.2, 0) is 7.05 Å². The highest BCUT2D eigenvalue weighted by Crippen LogP contribution is 2.19. The van der Waals surface area contributed by atoms with Gasteiger partial charge in [-0.1, -0.05) is 24.3 Å². The summed E-state index contributed by atoms with van der Waals surface area (Å²) < 4.78 is 15.5. The first-order valence-electron chi connectivity index (χ1n) is 7.87. The summed E-state index contributed by atoms with van der Waals surface area (Å²) in [5.41, 5.74) is 1.97. The Kier molecular flexibility index (Phi) is 4.94. The fourth-order valence-electron chi connectivity index (χ4n) is 2.49. The van der Waals surface area contributed by atoms with Gasteiger partial charge in [0, 0.05) is 30.1 Å². The Bertz CT molecular complexity index is 976. The fraction of sp³-hybridized carbons (Fsp3) is 0.105. The summed E-state index contributed by atoms with van der Waals surface area (Å²) in [4.78, 5) is 12.5. The molecular weight excluding hydrogens is 333 g/mol. The average Bonchev–Trinajstić information content (AvgIpc) is 3.05. The van der Waals surface area contributed by atoms with Crippen molar-refractivity contribution in [3.63, 3.8) is 0 Å². The van der Waals surface area contributed by atoms with Crippen molar-refractivity contribution in [3.05, 3.63) is 77.9 Å². The summed E-state index contributed by atoms with van der Waals surface area (Å²) in [5.74, 6) is -0.999. The molecule has 0 spiro atoms. The van der Waals surface area contributed by atoms with Gasteiger partial charge in [-0.05, 0) is 24.3 Å². The molecule has 0 aliphatic rings. The highest BCUT2D eigenvalue weighted by molar-refractivity contribution is 5.95.